The number of quaternary nitrogens is 1. The van der Waals surface area contributed by atoms with E-state index in [1.54, 1.807) is 0 Å². The third-order valence-corrected chi connectivity index (χ3v) is 1.72. The lowest BCUT2D eigenvalue weighted by atomic mass is 10.2. The molecule has 1 aromatic carbocycles. The molecule has 0 spiro atoms. The first-order chi connectivity index (χ1) is 6.60. The number of benzene rings is 1. The first kappa shape index (κ1) is 14.1. The third kappa shape index (κ3) is 7.45. The molecular weight excluding hydrogens is 240 g/mol. The second kappa shape index (κ2) is 8.37. The SMILES string of the molecule is C[NH+](C)Cc1ccc(Cl)cc1.ClCCl. The van der Waals surface area contributed by atoms with Gasteiger partial charge in [0.15, 0.2) is 0 Å². The highest BCUT2D eigenvalue weighted by Crippen LogP contribution is 2.08. The summed E-state index contributed by atoms with van der Waals surface area (Å²) in [6.07, 6.45) is 0. The fourth-order valence-electron chi connectivity index (χ4n) is 1.01. The molecule has 1 aromatic rings. The van der Waals surface area contributed by atoms with Gasteiger partial charge in [-0.2, -0.15) is 0 Å². The van der Waals surface area contributed by atoms with E-state index < -0.39 is 0 Å². The second-order valence-corrected chi connectivity index (χ2v) is 4.36. The summed E-state index contributed by atoms with van der Waals surface area (Å²) in [5.74, 6) is 0. The molecule has 14 heavy (non-hydrogen) atoms. The number of rotatable bonds is 2. The van der Waals surface area contributed by atoms with E-state index in [9.17, 15) is 0 Å². The van der Waals surface area contributed by atoms with E-state index in [2.05, 4.69) is 26.2 Å². The minimum Gasteiger partial charge on any atom is -0.336 e. The largest absolute Gasteiger partial charge is 0.336 e. The zero-order valence-corrected chi connectivity index (χ0v) is 10.6. The molecule has 0 aromatic heterocycles. The van der Waals surface area contributed by atoms with Gasteiger partial charge in [-0.05, 0) is 12.1 Å². The summed E-state index contributed by atoms with van der Waals surface area (Å²) in [4.78, 5) is 1.42. The number of hydrogen-bond donors (Lipinski definition) is 1. The number of nitrogens with one attached hydrogen (secondary N) is 1. The minimum absolute atomic E-state index is 0.194. The van der Waals surface area contributed by atoms with Gasteiger partial charge in [-0.25, -0.2) is 0 Å². The summed E-state index contributed by atoms with van der Waals surface area (Å²) in [6, 6.07) is 7.99. The van der Waals surface area contributed by atoms with Crippen LogP contribution < -0.4 is 4.90 Å². The van der Waals surface area contributed by atoms with Gasteiger partial charge in [0, 0.05) is 10.6 Å². The van der Waals surface area contributed by atoms with E-state index >= 15 is 0 Å². The molecule has 0 radical (unpaired) electrons. The highest BCUT2D eigenvalue weighted by atomic mass is 35.5. The monoisotopic (exact) mass is 254 g/mol. The van der Waals surface area contributed by atoms with E-state index in [1.165, 1.54) is 10.5 Å². The predicted molar refractivity (Wildman–Crippen MR) is 64.5 cm³/mol. The van der Waals surface area contributed by atoms with E-state index in [4.69, 9.17) is 34.8 Å². The van der Waals surface area contributed by atoms with Gasteiger partial charge in [0.2, 0.25) is 0 Å². The molecular formula is C10H15Cl3N+. The first-order valence-electron chi connectivity index (χ1n) is 4.25. The summed E-state index contributed by atoms with van der Waals surface area (Å²) in [7, 11) is 4.27. The van der Waals surface area contributed by atoms with E-state index in [0.717, 1.165) is 11.6 Å². The highest BCUT2D eigenvalue weighted by Gasteiger charge is 1.96. The fraction of sp³-hybridized carbons (Fsp3) is 0.400. The molecule has 1 rings (SSSR count). The second-order valence-electron chi connectivity index (χ2n) is 3.11. The van der Waals surface area contributed by atoms with Gasteiger partial charge in [-0.3, -0.25) is 0 Å². The molecule has 0 heterocycles. The van der Waals surface area contributed by atoms with Crippen molar-refractivity contribution in [3.8, 4) is 0 Å². The molecule has 0 saturated heterocycles. The molecule has 0 aliphatic heterocycles. The lowest BCUT2D eigenvalue weighted by molar-refractivity contribution is -0.872. The lowest BCUT2D eigenvalue weighted by Gasteiger charge is -2.06. The minimum atomic E-state index is 0.194. The Morgan fingerprint density at radius 2 is 1.50 bits per heavy atom. The summed E-state index contributed by atoms with van der Waals surface area (Å²) >= 11 is 15.3. The topological polar surface area (TPSA) is 4.44 Å². The van der Waals surface area contributed by atoms with Crippen LogP contribution in [0.4, 0.5) is 0 Å². The number of hydrogen-bond acceptors (Lipinski definition) is 0. The normalized spacial score (nSPS) is 9.57. The maximum Gasteiger partial charge on any atom is 0.102 e. The van der Waals surface area contributed by atoms with Crippen molar-refractivity contribution in [2.75, 3.05) is 19.4 Å². The molecule has 0 aliphatic rings. The van der Waals surface area contributed by atoms with Crippen LogP contribution in [0.1, 0.15) is 5.56 Å². The van der Waals surface area contributed by atoms with Crippen molar-refractivity contribution in [1.82, 2.24) is 0 Å². The Bertz CT molecular complexity index is 234. The summed E-state index contributed by atoms with van der Waals surface area (Å²) < 4.78 is 0. The van der Waals surface area contributed by atoms with Crippen molar-refractivity contribution in [2.45, 2.75) is 6.54 Å². The van der Waals surface area contributed by atoms with Crippen LogP contribution in [0.5, 0.6) is 0 Å². The van der Waals surface area contributed by atoms with Crippen molar-refractivity contribution >= 4 is 34.8 Å². The maximum atomic E-state index is 5.74. The van der Waals surface area contributed by atoms with Gasteiger partial charge in [-0.15, -0.1) is 23.2 Å². The quantitative estimate of drug-likeness (QED) is 0.774. The van der Waals surface area contributed by atoms with Crippen LogP contribution in [-0.2, 0) is 6.54 Å². The first-order valence-corrected chi connectivity index (χ1v) is 5.70. The lowest BCUT2D eigenvalue weighted by Crippen LogP contribution is -3.04. The van der Waals surface area contributed by atoms with Crippen LogP contribution in [0.25, 0.3) is 0 Å². The standard InChI is InChI=1S/C9H12ClN.CH2Cl2/c1-11(2)7-8-3-5-9(10)6-4-8;2-1-3/h3-6H,7H2,1-2H3;1H2/p+1. The number of alkyl halides is 2. The highest BCUT2D eigenvalue weighted by molar-refractivity contribution is 6.40. The van der Waals surface area contributed by atoms with Gasteiger partial charge < -0.3 is 4.90 Å². The molecule has 0 aliphatic carbocycles. The van der Waals surface area contributed by atoms with Crippen LogP contribution in [0.15, 0.2) is 24.3 Å². The van der Waals surface area contributed by atoms with Crippen LogP contribution in [0.3, 0.4) is 0 Å². The average molecular weight is 256 g/mol. The molecule has 1 N–H and O–H groups in total. The van der Waals surface area contributed by atoms with Gasteiger partial charge >= 0.3 is 0 Å². The summed E-state index contributed by atoms with van der Waals surface area (Å²) in [6.45, 7) is 1.05. The van der Waals surface area contributed by atoms with Crippen molar-refractivity contribution in [1.29, 1.82) is 0 Å². The molecule has 0 bridgehead atoms. The van der Waals surface area contributed by atoms with Crippen LogP contribution in [-0.4, -0.2) is 19.4 Å². The molecule has 0 fully saturated rings. The Hall–Kier alpha value is 0.0500. The Labute approximate surface area is 101 Å². The smallest absolute Gasteiger partial charge is 0.102 e. The third-order valence-electron chi connectivity index (χ3n) is 1.47. The van der Waals surface area contributed by atoms with Crippen LogP contribution in [0, 0.1) is 0 Å². The summed E-state index contributed by atoms with van der Waals surface area (Å²) in [5.41, 5.74) is 1.33. The maximum absolute atomic E-state index is 5.74. The van der Waals surface area contributed by atoms with E-state index in [-0.39, 0.29) is 5.34 Å². The molecule has 0 atom stereocenters. The molecule has 1 nitrogen and oxygen atoms in total. The molecule has 0 amide bonds. The molecule has 80 valence electrons. The van der Waals surface area contributed by atoms with Crippen molar-refractivity contribution in [3.63, 3.8) is 0 Å². The van der Waals surface area contributed by atoms with E-state index in [1.807, 2.05) is 12.1 Å². The van der Waals surface area contributed by atoms with Gasteiger partial charge in [0.1, 0.15) is 6.54 Å². The van der Waals surface area contributed by atoms with Gasteiger partial charge in [0.05, 0.1) is 19.4 Å². The van der Waals surface area contributed by atoms with E-state index in [0.29, 0.717) is 0 Å². The Kier molecular flexibility index (Phi) is 8.40. The molecule has 0 unspecified atom stereocenters. The van der Waals surface area contributed by atoms with Crippen molar-refractivity contribution in [2.24, 2.45) is 0 Å². The summed E-state index contributed by atoms with van der Waals surface area (Å²) in [5, 5.41) is 1.00. The average Bonchev–Trinajstić information content (AvgIpc) is 2.09. The Morgan fingerprint density at radius 1 is 1.07 bits per heavy atom. The zero-order valence-electron chi connectivity index (χ0n) is 8.36. The number of halogens is 3. The molecule has 4 heteroatoms. The Morgan fingerprint density at radius 3 is 1.86 bits per heavy atom. The zero-order chi connectivity index (χ0) is 11.0. The van der Waals surface area contributed by atoms with Crippen molar-refractivity contribution in [3.05, 3.63) is 34.9 Å². The van der Waals surface area contributed by atoms with Crippen molar-refractivity contribution < 1.29 is 4.90 Å². The van der Waals surface area contributed by atoms with Gasteiger partial charge in [-0.1, -0.05) is 23.7 Å². The van der Waals surface area contributed by atoms with Crippen LogP contribution in [0.2, 0.25) is 5.02 Å². The predicted octanol–water partition coefficient (Wildman–Crippen LogP) is 2.41. The van der Waals surface area contributed by atoms with Crippen LogP contribution >= 0.6 is 34.8 Å². The van der Waals surface area contributed by atoms with Gasteiger partial charge in [0.25, 0.3) is 0 Å². The molecule has 0 saturated carbocycles. The fourth-order valence-corrected chi connectivity index (χ4v) is 1.14. The Balaban J connectivity index is 0.000000500.